The summed E-state index contributed by atoms with van der Waals surface area (Å²) < 4.78 is 69.8. The van der Waals surface area contributed by atoms with E-state index in [1.165, 1.54) is 36.5 Å². The number of rotatable bonds is 6. The molecule has 160 valence electrons. The van der Waals surface area contributed by atoms with Gasteiger partial charge < -0.3 is 9.47 Å². The number of nitrogens with zero attached hydrogens (tertiary/aromatic N) is 1. The Balaban J connectivity index is 1.62. The maximum Gasteiger partial charge on any atom is 0.573 e. The van der Waals surface area contributed by atoms with Crippen molar-refractivity contribution in [2.45, 2.75) is 12.5 Å². The molecule has 0 saturated heterocycles. The van der Waals surface area contributed by atoms with E-state index >= 15 is 0 Å². The summed E-state index contributed by atoms with van der Waals surface area (Å²) >= 11 is 0. The first kappa shape index (κ1) is 21.4. The highest BCUT2D eigenvalue weighted by atomic mass is 32.2. The average molecular weight is 445 g/mol. The fraction of sp³-hybridized carbons (Fsp3) is 0.176. The van der Waals surface area contributed by atoms with Crippen molar-refractivity contribution >= 4 is 15.9 Å². The quantitative estimate of drug-likeness (QED) is 0.695. The van der Waals surface area contributed by atoms with E-state index in [2.05, 4.69) is 15.2 Å². The minimum Gasteiger partial charge on any atom is -0.438 e. The zero-order valence-electron chi connectivity index (χ0n) is 15.1. The number of alkyl halides is 3. The van der Waals surface area contributed by atoms with E-state index < -0.39 is 28.4 Å². The molecule has 0 radical (unpaired) electrons. The van der Waals surface area contributed by atoms with E-state index in [0.717, 1.165) is 18.4 Å². The molecule has 0 saturated carbocycles. The molecule has 2 heterocycles. The summed E-state index contributed by atoms with van der Waals surface area (Å²) in [6.07, 6.45) is -1.83. The zero-order valence-corrected chi connectivity index (χ0v) is 16.0. The van der Waals surface area contributed by atoms with Crippen molar-refractivity contribution in [3.63, 3.8) is 0 Å². The number of halogens is 3. The number of aromatic nitrogens is 1. The Hall–Kier alpha value is -3.32. The number of sulfonamides is 1. The van der Waals surface area contributed by atoms with E-state index in [1.807, 2.05) is 0 Å². The molecule has 0 aliphatic carbocycles. The van der Waals surface area contributed by atoms with Gasteiger partial charge in [-0.25, -0.2) is 23.6 Å². The van der Waals surface area contributed by atoms with Crippen LogP contribution in [-0.2, 0) is 14.9 Å². The molecule has 1 unspecified atom stereocenters. The van der Waals surface area contributed by atoms with Crippen LogP contribution in [0.3, 0.4) is 0 Å². The van der Waals surface area contributed by atoms with E-state index in [0.29, 0.717) is 5.56 Å². The third-order valence-corrected chi connectivity index (χ3v) is 4.06. The van der Waals surface area contributed by atoms with Crippen molar-refractivity contribution in [3.05, 3.63) is 65.8 Å². The molecular weight excluding hydrogens is 431 g/mol. The predicted molar refractivity (Wildman–Crippen MR) is 95.3 cm³/mol. The van der Waals surface area contributed by atoms with Gasteiger partial charge in [0, 0.05) is 6.08 Å². The molecule has 1 aliphatic rings. The van der Waals surface area contributed by atoms with E-state index in [-0.39, 0.29) is 23.1 Å². The van der Waals surface area contributed by atoms with Crippen LogP contribution in [0.15, 0.2) is 54.6 Å². The third-order valence-electron chi connectivity index (χ3n) is 3.51. The SMILES string of the molecule is CS(=O)(=O)NC(=O)c1ccc(OC2=CC(c3ccc(OC(F)(F)F)cc3)ON2)cn1. The molecule has 0 spiro atoms. The van der Waals surface area contributed by atoms with E-state index in [4.69, 9.17) is 9.57 Å². The summed E-state index contributed by atoms with van der Waals surface area (Å²) in [5.74, 6) is -0.832. The molecule has 1 aromatic carbocycles. The molecule has 1 amide bonds. The molecule has 9 nitrogen and oxygen atoms in total. The Morgan fingerprint density at radius 1 is 1.17 bits per heavy atom. The lowest BCUT2D eigenvalue weighted by Gasteiger charge is -2.11. The summed E-state index contributed by atoms with van der Waals surface area (Å²) in [7, 11) is -3.71. The minimum absolute atomic E-state index is 0.128. The van der Waals surface area contributed by atoms with Crippen LogP contribution in [0.1, 0.15) is 22.2 Å². The molecule has 0 bridgehead atoms. The number of hydroxylamine groups is 1. The minimum atomic E-state index is -4.77. The van der Waals surface area contributed by atoms with Crippen LogP contribution in [-0.4, -0.2) is 31.9 Å². The fourth-order valence-corrected chi connectivity index (χ4v) is 2.77. The van der Waals surface area contributed by atoms with Crippen molar-refractivity contribution in [1.82, 2.24) is 15.2 Å². The topological polar surface area (TPSA) is 116 Å². The lowest BCUT2D eigenvalue weighted by molar-refractivity contribution is -0.274. The summed E-state index contributed by atoms with van der Waals surface area (Å²) in [6, 6.07) is 7.78. The number of ether oxygens (including phenoxy) is 2. The summed E-state index contributed by atoms with van der Waals surface area (Å²) in [4.78, 5) is 20.8. The standard InChI is InChI=1S/C17H14F3N3O6S/c1-30(25,26)23-16(24)13-7-6-12(9-21-13)27-15-8-14(29-22-15)10-2-4-11(5-3-10)28-17(18,19)20/h2-9,14,22H,1H3,(H,23,24). The smallest absolute Gasteiger partial charge is 0.438 e. The van der Waals surface area contributed by atoms with E-state index in [9.17, 15) is 26.4 Å². The second kappa shape index (κ2) is 8.20. The van der Waals surface area contributed by atoms with Crippen LogP contribution >= 0.6 is 0 Å². The Morgan fingerprint density at radius 3 is 2.40 bits per heavy atom. The Kier molecular flexibility index (Phi) is 5.85. The molecule has 3 rings (SSSR count). The van der Waals surface area contributed by atoms with Crippen molar-refractivity contribution in [3.8, 4) is 11.5 Å². The number of pyridine rings is 1. The fourth-order valence-electron chi connectivity index (χ4n) is 2.33. The molecule has 1 atom stereocenters. The first-order valence-electron chi connectivity index (χ1n) is 8.14. The number of amides is 1. The van der Waals surface area contributed by atoms with Crippen molar-refractivity contribution in [1.29, 1.82) is 0 Å². The van der Waals surface area contributed by atoms with Gasteiger partial charge in [-0.15, -0.1) is 13.2 Å². The van der Waals surface area contributed by atoms with Gasteiger partial charge in [-0.05, 0) is 29.8 Å². The number of hydrogen-bond acceptors (Lipinski definition) is 8. The number of carbonyl (C=O) groups excluding carboxylic acids is 1. The highest BCUT2D eigenvalue weighted by molar-refractivity contribution is 7.89. The molecule has 0 fully saturated rings. The van der Waals surface area contributed by atoms with Gasteiger partial charge >= 0.3 is 6.36 Å². The summed E-state index contributed by atoms with van der Waals surface area (Å²) in [5.41, 5.74) is 2.93. The molecule has 1 aliphatic heterocycles. The largest absolute Gasteiger partial charge is 0.573 e. The molecule has 1 aromatic heterocycles. The van der Waals surface area contributed by atoms with Gasteiger partial charge in [0.25, 0.3) is 5.91 Å². The van der Waals surface area contributed by atoms with Gasteiger partial charge in [0.2, 0.25) is 15.9 Å². The molecule has 30 heavy (non-hydrogen) atoms. The van der Waals surface area contributed by atoms with Gasteiger partial charge in [-0.3, -0.25) is 9.63 Å². The third kappa shape index (κ3) is 6.09. The lowest BCUT2D eigenvalue weighted by Crippen LogP contribution is -2.29. The van der Waals surface area contributed by atoms with Crippen LogP contribution in [0.5, 0.6) is 11.5 Å². The van der Waals surface area contributed by atoms with E-state index in [1.54, 1.807) is 4.72 Å². The number of benzene rings is 1. The van der Waals surface area contributed by atoms with Crippen LogP contribution in [0.25, 0.3) is 0 Å². The molecule has 2 N–H and O–H groups in total. The van der Waals surface area contributed by atoms with Crippen LogP contribution in [0, 0.1) is 0 Å². The normalized spacial score (nSPS) is 16.4. The lowest BCUT2D eigenvalue weighted by atomic mass is 10.1. The van der Waals surface area contributed by atoms with Crippen molar-refractivity contribution in [2.24, 2.45) is 0 Å². The monoisotopic (exact) mass is 445 g/mol. The predicted octanol–water partition coefficient (Wildman–Crippen LogP) is 2.17. The highest BCUT2D eigenvalue weighted by Crippen LogP contribution is 2.28. The van der Waals surface area contributed by atoms with Gasteiger partial charge in [-0.2, -0.15) is 0 Å². The molecule has 2 aromatic rings. The Labute approximate surface area is 168 Å². The number of carbonyl (C=O) groups is 1. The van der Waals surface area contributed by atoms with Crippen molar-refractivity contribution in [2.75, 3.05) is 6.26 Å². The van der Waals surface area contributed by atoms with Gasteiger partial charge in [0.1, 0.15) is 23.3 Å². The molecule has 13 heteroatoms. The van der Waals surface area contributed by atoms with Gasteiger partial charge in [-0.1, -0.05) is 12.1 Å². The highest BCUT2D eigenvalue weighted by Gasteiger charge is 2.31. The zero-order chi connectivity index (χ0) is 21.9. The van der Waals surface area contributed by atoms with Gasteiger partial charge in [0.15, 0.2) is 0 Å². The van der Waals surface area contributed by atoms with Crippen LogP contribution < -0.4 is 19.7 Å². The number of nitrogens with one attached hydrogen (secondary N) is 2. The molecular formula is C17H14F3N3O6S. The van der Waals surface area contributed by atoms with Crippen LogP contribution in [0.2, 0.25) is 0 Å². The summed E-state index contributed by atoms with van der Waals surface area (Å²) in [5, 5.41) is 0. The van der Waals surface area contributed by atoms with Crippen molar-refractivity contribution < 1.29 is 40.7 Å². The first-order valence-corrected chi connectivity index (χ1v) is 10.0. The first-order chi connectivity index (χ1) is 14.0. The second-order valence-corrected chi connectivity index (χ2v) is 7.72. The number of hydrogen-bond donors (Lipinski definition) is 2. The Morgan fingerprint density at radius 2 is 1.83 bits per heavy atom. The summed E-state index contributed by atoms with van der Waals surface area (Å²) in [6.45, 7) is 0. The second-order valence-electron chi connectivity index (χ2n) is 5.97. The van der Waals surface area contributed by atoms with Gasteiger partial charge in [0.05, 0.1) is 12.5 Å². The Bertz CT molecular complexity index is 1050. The average Bonchev–Trinajstić information content (AvgIpc) is 3.08. The maximum absolute atomic E-state index is 12.2. The van der Waals surface area contributed by atoms with Crippen LogP contribution in [0.4, 0.5) is 13.2 Å². The maximum atomic E-state index is 12.2.